The second-order valence-electron chi connectivity index (χ2n) is 7.19. The molecular weight excluding hydrogens is 328 g/mol. The van der Waals surface area contributed by atoms with Crippen LogP contribution in [-0.2, 0) is 4.79 Å². The predicted octanol–water partition coefficient (Wildman–Crippen LogP) is 2.20. The minimum Gasteiger partial charge on any atom is -0.380 e. The van der Waals surface area contributed by atoms with Gasteiger partial charge in [0.15, 0.2) is 5.82 Å². The highest BCUT2D eigenvalue weighted by Gasteiger charge is 2.38. The van der Waals surface area contributed by atoms with Crippen LogP contribution >= 0.6 is 0 Å². The number of amides is 1. The number of aromatic nitrogens is 2. The molecule has 0 aliphatic carbocycles. The zero-order valence-corrected chi connectivity index (χ0v) is 15.6. The van der Waals surface area contributed by atoms with Gasteiger partial charge < -0.3 is 14.9 Å². The molecule has 1 aliphatic rings. The van der Waals surface area contributed by atoms with Gasteiger partial charge in [0.2, 0.25) is 0 Å². The van der Waals surface area contributed by atoms with Gasteiger partial charge in [-0.05, 0) is 18.9 Å². The molecule has 6 nitrogen and oxygen atoms in total. The van der Waals surface area contributed by atoms with Crippen LogP contribution in [0, 0.1) is 5.92 Å². The number of benzene rings is 1. The van der Waals surface area contributed by atoms with Crippen LogP contribution in [0.1, 0.15) is 20.8 Å². The monoisotopic (exact) mass is 354 g/mol. The summed E-state index contributed by atoms with van der Waals surface area (Å²) in [5, 5.41) is 10.4. The second-order valence-corrected chi connectivity index (χ2v) is 7.19. The fourth-order valence-corrected chi connectivity index (χ4v) is 2.96. The van der Waals surface area contributed by atoms with Gasteiger partial charge in [0.05, 0.1) is 0 Å². The number of carbonyl (C=O) groups excluding carboxylic acids is 1. The fraction of sp³-hybridized carbons (Fsp3) is 0.450. The van der Waals surface area contributed by atoms with Crippen LogP contribution in [0.5, 0.6) is 0 Å². The van der Waals surface area contributed by atoms with Gasteiger partial charge in [0.25, 0.3) is 5.91 Å². The van der Waals surface area contributed by atoms with Crippen LogP contribution in [0.4, 0.5) is 5.82 Å². The van der Waals surface area contributed by atoms with Gasteiger partial charge in [-0.3, -0.25) is 4.79 Å². The lowest BCUT2D eigenvalue weighted by atomic mass is 9.91. The van der Waals surface area contributed by atoms with E-state index in [1.54, 1.807) is 18.0 Å². The molecule has 1 atom stereocenters. The lowest BCUT2D eigenvalue weighted by Crippen LogP contribution is -2.56. The summed E-state index contributed by atoms with van der Waals surface area (Å²) in [6.45, 7) is 7.85. The number of anilines is 1. The molecule has 1 N–H and O–H groups in total. The molecule has 1 fully saturated rings. The number of aliphatic hydroxyl groups is 1. The molecule has 0 bridgehead atoms. The van der Waals surface area contributed by atoms with Crippen molar-refractivity contribution in [3.05, 3.63) is 42.6 Å². The highest BCUT2D eigenvalue weighted by atomic mass is 16.3. The summed E-state index contributed by atoms with van der Waals surface area (Å²) in [6.07, 6.45) is 1.77. The lowest BCUT2D eigenvalue weighted by molar-refractivity contribution is -0.154. The Morgan fingerprint density at radius 3 is 2.38 bits per heavy atom. The zero-order chi connectivity index (χ0) is 18.7. The maximum atomic E-state index is 12.6. The lowest BCUT2D eigenvalue weighted by Gasteiger charge is -2.39. The second kappa shape index (κ2) is 7.41. The summed E-state index contributed by atoms with van der Waals surface area (Å²) in [6, 6.07) is 11.8. The predicted molar refractivity (Wildman–Crippen MR) is 102 cm³/mol. The molecule has 2 aromatic rings. The molecule has 1 aromatic carbocycles. The van der Waals surface area contributed by atoms with Crippen molar-refractivity contribution in [3.63, 3.8) is 0 Å². The first-order chi connectivity index (χ1) is 12.4. The van der Waals surface area contributed by atoms with Crippen molar-refractivity contribution < 1.29 is 9.90 Å². The van der Waals surface area contributed by atoms with Crippen LogP contribution in [0.25, 0.3) is 11.4 Å². The average Bonchev–Trinajstić information content (AvgIpc) is 2.68. The summed E-state index contributed by atoms with van der Waals surface area (Å²) in [5.41, 5.74) is -0.339. The van der Waals surface area contributed by atoms with Gasteiger partial charge in [0, 0.05) is 37.9 Å². The fourth-order valence-electron chi connectivity index (χ4n) is 2.96. The first-order valence-corrected chi connectivity index (χ1v) is 9.04. The van der Waals surface area contributed by atoms with Crippen molar-refractivity contribution in [2.45, 2.75) is 26.4 Å². The molecule has 138 valence electrons. The van der Waals surface area contributed by atoms with E-state index in [9.17, 15) is 9.90 Å². The standard InChI is InChI=1S/C20H26N4O2/c1-15(2)20(3,26)19(25)24-13-11-23(12-14-24)17-9-10-21-18(22-17)16-7-5-4-6-8-16/h4-10,15,26H,11-14H2,1-3H3/t20-/m0/s1. The molecule has 3 rings (SSSR count). The number of nitrogens with zero attached hydrogens (tertiary/aromatic N) is 4. The summed E-state index contributed by atoms with van der Waals surface area (Å²) in [5.74, 6) is 1.24. The zero-order valence-electron chi connectivity index (χ0n) is 15.6. The molecule has 1 aromatic heterocycles. The molecule has 1 saturated heterocycles. The van der Waals surface area contributed by atoms with Gasteiger partial charge in [-0.1, -0.05) is 44.2 Å². The van der Waals surface area contributed by atoms with E-state index in [0.29, 0.717) is 32.0 Å². The van der Waals surface area contributed by atoms with Crippen molar-refractivity contribution in [2.24, 2.45) is 5.92 Å². The van der Waals surface area contributed by atoms with Crippen LogP contribution in [-0.4, -0.2) is 57.7 Å². The first kappa shape index (κ1) is 18.3. The summed E-state index contributed by atoms with van der Waals surface area (Å²) >= 11 is 0. The molecular formula is C20H26N4O2. The third kappa shape index (κ3) is 3.70. The third-order valence-corrected chi connectivity index (χ3v) is 5.12. The van der Waals surface area contributed by atoms with Crippen molar-refractivity contribution >= 4 is 11.7 Å². The van der Waals surface area contributed by atoms with Crippen LogP contribution < -0.4 is 4.90 Å². The Bertz CT molecular complexity index is 753. The largest absolute Gasteiger partial charge is 0.380 e. The van der Waals surface area contributed by atoms with Crippen molar-refractivity contribution in [1.29, 1.82) is 0 Å². The summed E-state index contributed by atoms with van der Waals surface area (Å²) in [7, 11) is 0. The SMILES string of the molecule is CC(C)[C@](C)(O)C(=O)N1CCN(c2ccnc(-c3ccccc3)n2)CC1. The maximum Gasteiger partial charge on any atom is 0.254 e. The number of hydrogen-bond donors (Lipinski definition) is 1. The molecule has 0 spiro atoms. The molecule has 0 unspecified atom stereocenters. The van der Waals surface area contributed by atoms with Crippen LogP contribution in [0.3, 0.4) is 0 Å². The minimum atomic E-state index is -1.32. The van der Waals surface area contributed by atoms with Crippen LogP contribution in [0.2, 0.25) is 0 Å². The van der Waals surface area contributed by atoms with E-state index in [-0.39, 0.29) is 11.8 Å². The molecule has 0 radical (unpaired) electrons. The maximum absolute atomic E-state index is 12.6. The Hall–Kier alpha value is -2.47. The van der Waals surface area contributed by atoms with E-state index in [0.717, 1.165) is 11.4 Å². The van der Waals surface area contributed by atoms with E-state index >= 15 is 0 Å². The topological polar surface area (TPSA) is 69.6 Å². The first-order valence-electron chi connectivity index (χ1n) is 9.04. The average molecular weight is 354 g/mol. The quantitative estimate of drug-likeness (QED) is 0.911. The van der Waals surface area contributed by atoms with Gasteiger partial charge in [0.1, 0.15) is 11.4 Å². The Balaban J connectivity index is 1.68. The van der Waals surface area contributed by atoms with Crippen LogP contribution in [0.15, 0.2) is 42.6 Å². The van der Waals surface area contributed by atoms with Gasteiger partial charge in [-0.25, -0.2) is 9.97 Å². The highest BCUT2D eigenvalue weighted by Crippen LogP contribution is 2.22. The molecule has 1 aliphatic heterocycles. The minimum absolute atomic E-state index is 0.122. The van der Waals surface area contributed by atoms with Gasteiger partial charge in [-0.2, -0.15) is 0 Å². The molecule has 0 saturated carbocycles. The Morgan fingerprint density at radius 1 is 1.12 bits per heavy atom. The number of rotatable bonds is 4. The van der Waals surface area contributed by atoms with E-state index in [1.165, 1.54) is 0 Å². The van der Waals surface area contributed by atoms with Crippen molar-refractivity contribution in [3.8, 4) is 11.4 Å². The van der Waals surface area contributed by atoms with E-state index < -0.39 is 5.60 Å². The van der Waals surface area contributed by atoms with Crippen molar-refractivity contribution in [1.82, 2.24) is 14.9 Å². The van der Waals surface area contributed by atoms with Gasteiger partial charge >= 0.3 is 0 Å². The molecule has 6 heteroatoms. The van der Waals surface area contributed by atoms with E-state index in [1.807, 2.05) is 50.2 Å². The summed E-state index contributed by atoms with van der Waals surface area (Å²) in [4.78, 5) is 25.5. The molecule has 1 amide bonds. The third-order valence-electron chi connectivity index (χ3n) is 5.12. The van der Waals surface area contributed by atoms with E-state index in [4.69, 9.17) is 0 Å². The number of carbonyl (C=O) groups is 1. The Morgan fingerprint density at radius 2 is 1.77 bits per heavy atom. The highest BCUT2D eigenvalue weighted by molar-refractivity contribution is 5.85. The normalized spacial score (nSPS) is 17.3. The van der Waals surface area contributed by atoms with E-state index in [2.05, 4.69) is 14.9 Å². The van der Waals surface area contributed by atoms with Gasteiger partial charge in [-0.15, -0.1) is 0 Å². The molecule has 2 heterocycles. The molecule has 26 heavy (non-hydrogen) atoms. The smallest absolute Gasteiger partial charge is 0.254 e. The van der Waals surface area contributed by atoms with Crippen molar-refractivity contribution in [2.75, 3.05) is 31.1 Å². The Labute approximate surface area is 154 Å². The number of piperazine rings is 1. The Kier molecular flexibility index (Phi) is 5.23. The number of hydrogen-bond acceptors (Lipinski definition) is 5. The summed E-state index contributed by atoms with van der Waals surface area (Å²) < 4.78 is 0.